The Morgan fingerprint density at radius 3 is 2.25 bits per heavy atom. The van der Waals surface area contributed by atoms with E-state index in [1.807, 2.05) is 58.1 Å². The number of rotatable bonds is 6. The van der Waals surface area contributed by atoms with Gasteiger partial charge in [0.05, 0.1) is 24.4 Å². The lowest BCUT2D eigenvalue weighted by Crippen LogP contribution is -2.61. The Bertz CT molecular complexity index is 1760. The number of carbonyl (C=O) groups excluding carboxylic acids is 5. The van der Waals surface area contributed by atoms with Gasteiger partial charge in [-0.15, -0.1) is 0 Å². The van der Waals surface area contributed by atoms with Crippen molar-refractivity contribution in [2.75, 3.05) is 27.9 Å². The van der Waals surface area contributed by atoms with Crippen LogP contribution < -0.4 is 0 Å². The molecule has 0 aromatic rings. The van der Waals surface area contributed by atoms with E-state index in [0.717, 1.165) is 12.0 Å². The van der Waals surface area contributed by atoms with E-state index < -0.39 is 83.9 Å². The third kappa shape index (κ3) is 14.3. The molecule has 2 unspecified atom stereocenters. The zero-order valence-electron chi connectivity index (χ0n) is 40.6. The second-order valence-electron chi connectivity index (χ2n) is 19.6. The first-order valence-electron chi connectivity index (χ1n) is 23.9. The summed E-state index contributed by atoms with van der Waals surface area (Å²) in [4.78, 5) is 71.8. The maximum absolute atomic E-state index is 14.4. The fourth-order valence-electron chi connectivity index (χ4n) is 10.1. The Morgan fingerprint density at radius 1 is 0.846 bits per heavy atom. The molecule has 1 saturated carbocycles. The van der Waals surface area contributed by atoms with Crippen molar-refractivity contribution in [2.24, 2.45) is 35.5 Å². The van der Waals surface area contributed by atoms with Crippen LogP contribution in [-0.2, 0) is 47.7 Å². The number of hydrogen-bond acceptors (Lipinski definition) is 13. The van der Waals surface area contributed by atoms with E-state index in [4.69, 9.17) is 23.7 Å². The number of Topliss-reactive ketones (excluding diaryl/α,β-unsaturated/α-hetero) is 3. The molecule has 14 heteroatoms. The molecule has 3 fully saturated rings. The molecule has 3 N–H and O–H groups in total. The Hall–Kier alpha value is -3.37. The van der Waals surface area contributed by atoms with Crippen LogP contribution in [0.2, 0.25) is 0 Å². The number of fused-ring (bicyclic) bond motifs is 3. The van der Waals surface area contributed by atoms with Gasteiger partial charge >= 0.3 is 5.97 Å². The Morgan fingerprint density at radius 2 is 1.57 bits per heavy atom. The summed E-state index contributed by atoms with van der Waals surface area (Å²) >= 11 is 0. The van der Waals surface area contributed by atoms with Gasteiger partial charge in [0.15, 0.2) is 5.78 Å². The molecule has 0 radical (unpaired) electrons. The molecule has 0 spiro atoms. The number of piperidine rings is 1. The summed E-state index contributed by atoms with van der Waals surface area (Å²) in [6.45, 7) is 12.7. The molecule has 14 nitrogen and oxygen atoms in total. The molecule has 3 aliphatic heterocycles. The second kappa shape index (κ2) is 25.1. The van der Waals surface area contributed by atoms with Gasteiger partial charge in [-0.25, -0.2) is 4.79 Å². The number of aliphatic hydroxyl groups is 3. The molecule has 3 heterocycles. The van der Waals surface area contributed by atoms with E-state index in [-0.39, 0.29) is 54.8 Å². The zero-order chi connectivity index (χ0) is 48.2. The molecular formula is C51H79NO13. The molecule has 1 amide bonds. The van der Waals surface area contributed by atoms with Crippen LogP contribution in [0.1, 0.15) is 126 Å². The standard InChI is InChI=1S/C51H79NO13/c1-30-16-12-11-13-17-31(2)42(61-8)28-38-21-19-36(7)51(60,65-38)48(57)49(58)52-23-15-14-18-39(52)50(59)64-43(33(4)26-37-20-22-40(53)44(27-37)62-9)29-41(54)32(3)25-35(6)46(56)47(63-10)45(55)34(5)24-30/h11-13,16-17,25,30,32-34,36-40,42-44,46-47,53,56,60H,14-15,18-24,26-29H2,1-10H3/b13-11+,16-12+,31-17+,35-25+/t30-,32-,33-,34-,36-,37+,38?,39?,40-,42+,43+,44-,46+,47+,51-/m1/s1. The largest absolute Gasteiger partial charge is 0.460 e. The number of amides is 1. The van der Waals surface area contributed by atoms with Crippen LogP contribution >= 0.6 is 0 Å². The van der Waals surface area contributed by atoms with Crippen LogP contribution in [0.4, 0.5) is 0 Å². The van der Waals surface area contributed by atoms with Crippen molar-refractivity contribution in [2.45, 2.75) is 180 Å². The molecule has 65 heavy (non-hydrogen) atoms. The summed E-state index contributed by atoms with van der Waals surface area (Å²) in [5, 5.41) is 33.8. The first-order chi connectivity index (χ1) is 30.7. The third-order valence-corrected chi connectivity index (χ3v) is 14.5. The Labute approximate surface area is 387 Å². The lowest BCUT2D eigenvalue weighted by molar-refractivity contribution is -0.265. The van der Waals surface area contributed by atoms with Gasteiger partial charge in [0.2, 0.25) is 5.79 Å². The van der Waals surface area contributed by atoms with Gasteiger partial charge in [-0.3, -0.25) is 19.2 Å². The molecule has 0 aromatic carbocycles. The SMILES string of the molecule is CO[C@H]1CC2CC[C@@H](C)[C@@](O)(O2)C(=O)C(=O)N2CCCCC2C(=O)O[C@H]([C@H](C)C[C@@H]2CC[C@@H](O)[C@H](OC)C2)CC(=O)[C@H](C)/C=C(\C)[C@H](O)[C@@H](OC)C(=O)[C@H](C)C[C@H](C)/C=C/C=C/C=C/1C. The Balaban J connectivity index is 1.70. The van der Waals surface area contributed by atoms with Crippen molar-refractivity contribution in [1.82, 2.24) is 4.90 Å². The molecule has 0 aromatic heterocycles. The normalized spacial score (nSPS) is 40.4. The van der Waals surface area contributed by atoms with E-state index in [1.54, 1.807) is 41.1 Å². The lowest BCUT2D eigenvalue weighted by atomic mass is 9.78. The van der Waals surface area contributed by atoms with Crippen LogP contribution in [0.25, 0.3) is 0 Å². The van der Waals surface area contributed by atoms with Gasteiger partial charge in [-0.05, 0) is 107 Å². The molecule has 366 valence electrons. The fourth-order valence-corrected chi connectivity index (χ4v) is 10.1. The van der Waals surface area contributed by atoms with Crippen LogP contribution in [0, 0.1) is 35.5 Å². The number of hydrogen-bond donors (Lipinski definition) is 3. The van der Waals surface area contributed by atoms with Crippen LogP contribution in [0.15, 0.2) is 47.6 Å². The van der Waals surface area contributed by atoms with E-state index in [0.29, 0.717) is 63.4 Å². The zero-order valence-corrected chi connectivity index (χ0v) is 40.6. The van der Waals surface area contributed by atoms with Gasteiger partial charge in [0.1, 0.15) is 30.1 Å². The summed E-state index contributed by atoms with van der Waals surface area (Å²) in [5.74, 6) is -7.96. The van der Waals surface area contributed by atoms with Gasteiger partial charge in [0.25, 0.3) is 11.7 Å². The van der Waals surface area contributed by atoms with E-state index in [1.165, 1.54) is 12.0 Å². The third-order valence-electron chi connectivity index (χ3n) is 14.5. The summed E-state index contributed by atoms with van der Waals surface area (Å²) in [6.07, 6.45) is 11.2. The highest BCUT2D eigenvalue weighted by atomic mass is 16.6. The number of carbonyl (C=O) groups is 5. The highest BCUT2D eigenvalue weighted by molar-refractivity contribution is 6.39. The maximum atomic E-state index is 14.4. The highest BCUT2D eigenvalue weighted by Gasteiger charge is 2.53. The molecule has 1 aliphatic carbocycles. The van der Waals surface area contributed by atoms with Crippen molar-refractivity contribution in [3.8, 4) is 0 Å². The number of nitrogens with zero attached hydrogens (tertiary/aromatic N) is 1. The predicted octanol–water partition coefficient (Wildman–Crippen LogP) is 6.18. The van der Waals surface area contributed by atoms with Crippen LogP contribution in [0.5, 0.6) is 0 Å². The van der Waals surface area contributed by atoms with Crippen molar-refractivity contribution in [3.63, 3.8) is 0 Å². The number of allylic oxidation sites excluding steroid dienone is 6. The maximum Gasteiger partial charge on any atom is 0.329 e. The van der Waals surface area contributed by atoms with Gasteiger partial charge in [0, 0.05) is 58.5 Å². The number of ether oxygens (including phenoxy) is 5. The lowest BCUT2D eigenvalue weighted by Gasteiger charge is -2.42. The quantitative estimate of drug-likeness (QED) is 0.156. The smallest absolute Gasteiger partial charge is 0.329 e. The van der Waals surface area contributed by atoms with E-state index in [9.17, 15) is 39.3 Å². The highest BCUT2D eigenvalue weighted by Crippen LogP contribution is 2.38. The number of aliphatic hydroxyl groups excluding tert-OH is 2. The minimum Gasteiger partial charge on any atom is -0.460 e. The summed E-state index contributed by atoms with van der Waals surface area (Å²) in [6, 6.07) is -1.14. The average molecular weight is 914 g/mol. The summed E-state index contributed by atoms with van der Waals surface area (Å²) in [5.41, 5.74) is 1.27. The monoisotopic (exact) mass is 914 g/mol. The Kier molecular flexibility index (Phi) is 21.0. The van der Waals surface area contributed by atoms with Crippen LogP contribution in [0.3, 0.4) is 0 Å². The van der Waals surface area contributed by atoms with Gasteiger partial charge in [-0.1, -0.05) is 71.1 Å². The van der Waals surface area contributed by atoms with Crippen molar-refractivity contribution in [1.29, 1.82) is 0 Å². The van der Waals surface area contributed by atoms with Crippen molar-refractivity contribution >= 4 is 29.2 Å². The van der Waals surface area contributed by atoms with Gasteiger partial charge < -0.3 is 43.9 Å². The first kappa shape index (κ1) is 54.2. The summed E-state index contributed by atoms with van der Waals surface area (Å²) < 4.78 is 29.4. The topological polar surface area (TPSA) is 195 Å². The molecular weight excluding hydrogens is 835 g/mol. The number of esters is 1. The molecule has 2 bridgehead atoms. The van der Waals surface area contributed by atoms with Crippen molar-refractivity contribution < 1.29 is 63.0 Å². The number of ketones is 3. The number of cyclic esters (lactones) is 1. The minimum absolute atomic E-state index is 0.0193. The fraction of sp³-hybridized carbons (Fsp3) is 0.745. The molecule has 4 rings (SSSR count). The minimum atomic E-state index is -2.43. The molecule has 15 atom stereocenters. The van der Waals surface area contributed by atoms with Crippen molar-refractivity contribution in [3.05, 3.63) is 47.6 Å². The van der Waals surface area contributed by atoms with Crippen LogP contribution in [-0.4, -0.2) is 132 Å². The summed E-state index contributed by atoms with van der Waals surface area (Å²) in [7, 11) is 4.52. The molecule has 4 aliphatic rings. The van der Waals surface area contributed by atoms with E-state index >= 15 is 0 Å². The number of methoxy groups -OCH3 is 3. The first-order valence-corrected chi connectivity index (χ1v) is 23.9. The van der Waals surface area contributed by atoms with Gasteiger partial charge in [-0.2, -0.15) is 0 Å². The predicted molar refractivity (Wildman–Crippen MR) is 245 cm³/mol. The average Bonchev–Trinajstić information content (AvgIpc) is 3.28. The second-order valence-corrected chi connectivity index (χ2v) is 19.6. The van der Waals surface area contributed by atoms with E-state index in [2.05, 4.69) is 0 Å². The molecule has 2 saturated heterocycles.